The average molecular weight is 389 g/mol. The van der Waals surface area contributed by atoms with Crippen molar-refractivity contribution in [3.8, 4) is 0 Å². The fourth-order valence-electron chi connectivity index (χ4n) is 3.03. The number of rotatable bonds is 6. The zero-order valence-corrected chi connectivity index (χ0v) is 17.6. The van der Waals surface area contributed by atoms with E-state index in [-0.39, 0.29) is 11.9 Å². The smallest absolute Gasteiger partial charge is 0.244 e. The molecule has 1 amide bonds. The summed E-state index contributed by atoms with van der Waals surface area (Å²) < 4.78 is 25.9. The van der Waals surface area contributed by atoms with Gasteiger partial charge in [0, 0.05) is 0 Å². The van der Waals surface area contributed by atoms with E-state index in [1.165, 1.54) is 9.87 Å². The maximum atomic E-state index is 12.8. The Morgan fingerprint density at radius 3 is 2.22 bits per heavy atom. The van der Waals surface area contributed by atoms with E-state index in [0.29, 0.717) is 5.69 Å². The normalized spacial score (nSPS) is 13.7. The highest BCUT2D eigenvalue weighted by Crippen LogP contribution is 2.23. The van der Waals surface area contributed by atoms with E-state index in [2.05, 4.69) is 5.32 Å². The zero-order chi connectivity index (χ0) is 20.4. The first-order valence-electron chi connectivity index (χ1n) is 8.94. The Hall–Kier alpha value is -2.34. The van der Waals surface area contributed by atoms with Crippen molar-refractivity contribution in [2.75, 3.05) is 10.6 Å². The van der Waals surface area contributed by atoms with Gasteiger partial charge in [-0.05, 0) is 69.0 Å². The average Bonchev–Trinajstić information content (AvgIpc) is 2.56. The van der Waals surface area contributed by atoms with E-state index >= 15 is 0 Å². The molecule has 0 fully saturated rings. The summed E-state index contributed by atoms with van der Waals surface area (Å²) in [6, 6.07) is 12.1. The molecule has 0 bridgehead atoms. The fraction of sp³-hybridized carbons (Fsp3) is 0.381. The number of amides is 1. The molecule has 0 aliphatic rings. The SMILES string of the molecule is Cc1cccc(N(C(C)C(=O)NC(C)c2ccc(C)c(C)c2)S(C)(=O)=O)c1. The Morgan fingerprint density at radius 1 is 1.00 bits per heavy atom. The van der Waals surface area contributed by atoms with Gasteiger partial charge in [-0.15, -0.1) is 0 Å². The lowest BCUT2D eigenvalue weighted by molar-refractivity contribution is -0.122. The summed E-state index contributed by atoms with van der Waals surface area (Å²) in [5.41, 5.74) is 4.74. The second-order valence-electron chi connectivity index (χ2n) is 7.15. The van der Waals surface area contributed by atoms with Crippen molar-refractivity contribution in [2.24, 2.45) is 0 Å². The fourth-order valence-corrected chi connectivity index (χ4v) is 4.19. The number of hydrogen-bond donors (Lipinski definition) is 1. The van der Waals surface area contributed by atoms with Gasteiger partial charge in [0.1, 0.15) is 6.04 Å². The van der Waals surface area contributed by atoms with Gasteiger partial charge in [0.15, 0.2) is 0 Å². The van der Waals surface area contributed by atoms with Crippen LogP contribution in [0.2, 0.25) is 0 Å². The minimum absolute atomic E-state index is 0.224. The number of benzene rings is 2. The summed E-state index contributed by atoms with van der Waals surface area (Å²) in [7, 11) is -3.62. The third-order valence-electron chi connectivity index (χ3n) is 4.73. The third-order valence-corrected chi connectivity index (χ3v) is 5.98. The lowest BCUT2D eigenvalue weighted by Crippen LogP contribution is -2.48. The van der Waals surface area contributed by atoms with Gasteiger partial charge in [-0.3, -0.25) is 9.10 Å². The number of sulfonamides is 1. The summed E-state index contributed by atoms with van der Waals surface area (Å²) >= 11 is 0. The van der Waals surface area contributed by atoms with Crippen molar-refractivity contribution >= 4 is 21.6 Å². The van der Waals surface area contributed by atoms with Crippen LogP contribution in [0.15, 0.2) is 42.5 Å². The first kappa shape index (κ1) is 21.0. The number of hydrogen-bond acceptors (Lipinski definition) is 3. The summed E-state index contributed by atoms with van der Waals surface area (Å²) in [6.07, 6.45) is 1.12. The first-order valence-corrected chi connectivity index (χ1v) is 10.8. The predicted octanol–water partition coefficient (Wildman–Crippen LogP) is 3.64. The number of aryl methyl sites for hydroxylation is 3. The van der Waals surface area contributed by atoms with Crippen LogP contribution in [0.1, 0.15) is 42.1 Å². The van der Waals surface area contributed by atoms with Crippen LogP contribution in [-0.2, 0) is 14.8 Å². The molecule has 2 rings (SSSR count). The predicted molar refractivity (Wildman–Crippen MR) is 110 cm³/mol. The van der Waals surface area contributed by atoms with E-state index in [0.717, 1.165) is 22.9 Å². The topological polar surface area (TPSA) is 66.5 Å². The molecule has 2 unspecified atom stereocenters. The second-order valence-corrected chi connectivity index (χ2v) is 9.01. The molecule has 27 heavy (non-hydrogen) atoms. The van der Waals surface area contributed by atoms with E-state index < -0.39 is 16.1 Å². The molecule has 1 N–H and O–H groups in total. The summed E-state index contributed by atoms with van der Waals surface area (Å²) in [5, 5.41) is 2.93. The monoisotopic (exact) mass is 388 g/mol. The van der Waals surface area contributed by atoms with Crippen LogP contribution in [0.25, 0.3) is 0 Å². The van der Waals surface area contributed by atoms with Crippen LogP contribution in [0.5, 0.6) is 0 Å². The van der Waals surface area contributed by atoms with Gasteiger partial charge in [-0.2, -0.15) is 0 Å². The highest BCUT2D eigenvalue weighted by Gasteiger charge is 2.29. The quantitative estimate of drug-likeness (QED) is 0.821. The first-order chi connectivity index (χ1) is 12.5. The molecular formula is C21H28N2O3S. The van der Waals surface area contributed by atoms with Crippen LogP contribution in [-0.4, -0.2) is 26.6 Å². The number of nitrogens with one attached hydrogen (secondary N) is 1. The molecule has 5 nitrogen and oxygen atoms in total. The standard InChI is InChI=1S/C21H28N2O3S/c1-14-8-7-9-20(12-14)23(27(6,25)26)18(5)21(24)22-17(4)19-11-10-15(2)16(3)13-19/h7-13,17-18H,1-6H3,(H,22,24). The van der Waals surface area contributed by atoms with Crippen molar-refractivity contribution < 1.29 is 13.2 Å². The van der Waals surface area contributed by atoms with Gasteiger partial charge in [0.05, 0.1) is 18.0 Å². The second kappa shape index (κ2) is 8.13. The zero-order valence-electron chi connectivity index (χ0n) is 16.8. The van der Waals surface area contributed by atoms with Gasteiger partial charge in [0.25, 0.3) is 0 Å². The Bertz CT molecular complexity index is 938. The summed E-state index contributed by atoms with van der Waals surface area (Å²) in [4.78, 5) is 12.8. The Morgan fingerprint density at radius 2 is 1.67 bits per heavy atom. The molecule has 0 heterocycles. The lowest BCUT2D eigenvalue weighted by Gasteiger charge is -2.29. The van der Waals surface area contributed by atoms with Gasteiger partial charge in [-0.25, -0.2) is 8.42 Å². The molecule has 0 spiro atoms. The molecule has 6 heteroatoms. The van der Waals surface area contributed by atoms with Crippen LogP contribution in [0.4, 0.5) is 5.69 Å². The Labute approximate surface area is 162 Å². The van der Waals surface area contributed by atoms with Gasteiger partial charge in [-0.1, -0.05) is 30.3 Å². The molecule has 0 aromatic heterocycles. The molecule has 0 saturated carbocycles. The van der Waals surface area contributed by atoms with E-state index in [4.69, 9.17) is 0 Å². The highest BCUT2D eigenvalue weighted by molar-refractivity contribution is 7.92. The number of carbonyl (C=O) groups excluding carboxylic acids is 1. The molecule has 2 aromatic carbocycles. The summed E-state index contributed by atoms with van der Waals surface area (Å²) in [5.74, 6) is -0.340. The van der Waals surface area contributed by atoms with Crippen LogP contribution in [0, 0.1) is 20.8 Å². The van der Waals surface area contributed by atoms with Crippen molar-refractivity contribution in [1.29, 1.82) is 0 Å². The number of anilines is 1. The van der Waals surface area contributed by atoms with Gasteiger partial charge in [0.2, 0.25) is 15.9 Å². The molecule has 0 saturated heterocycles. The molecule has 2 aromatic rings. The van der Waals surface area contributed by atoms with Gasteiger partial charge < -0.3 is 5.32 Å². The van der Waals surface area contributed by atoms with E-state index in [1.54, 1.807) is 25.1 Å². The number of carbonyl (C=O) groups is 1. The molecule has 2 atom stereocenters. The molecule has 146 valence electrons. The van der Waals surface area contributed by atoms with Crippen molar-refractivity contribution in [3.63, 3.8) is 0 Å². The molecule has 0 aliphatic heterocycles. The van der Waals surface area contributed by atoms with Crippen molar-refractivity contribution in [2.45, 2.75) is 46.7 Å². The van der Waals surface area contributed by atoms with E-state index in [9.17, 15) is 13.2 Å². The molecular weight excluding hydrogens is 360 g/mol. The Kier molecular flexibility index (Phi) is 6.31. The van der Waals surface area contributed by atoms with Crippen LogP contribution in [0.3, 0.4) is 0 Å². The Balaban J connectivity index is 2.25. The van der Waals surface area contributed by atoms with Crippen molar-refractivity contribution in [1.82, 2.24) is 5.32 Å². The van der Waals surface area contributed by atoms with Crippen LogP contribution >= 0.6 is 0 Å². The lowest BCUT2D eigenvalue weighted by atomic mass is 10.0. The maximum absolute atomic E-state index is 12.8. The molecule has 0 aliphatic carbocycles. The van der Waals surface area contributed by atoms with Crippen LogP contribution < -0.4 is 9.62 Å². The minimum atomic E-state index is -3.62. The third kappa shape index (κ3) is 5.10. The largest absolute Gasteiger partial charge is 0.348 e. The number of nitrogens with zero attached hydrogens (tertiary/aromatic N) is 1. The van der Waals surface area contributed by atoms with E-state index in [1.807, 2.05) is 52.0 Å². The minimum Gasteiger partial charge on any atom is -0.348 e. The summed E-state index contributed by atoms with van der Waals surface area (Å²) in [6.45, 7) is 9.45. The molecule has 0 radical (unpaired) electrons. The maximum Gasteiger partial charge on any atom is 0.244 e. The highest BCUT2D eigenvalue weighted by atomic mass is 32.2. The van der Waals surface area contributed by atoms with Gasteiger partial charge >= 0.3 is 0 Å². The van der Waals surface area contributed by atoms with Crippen molar-refractivity contribution in [3.05, 3.63) is 64.7 Å².